The second-order valence-corrected chi connectivity index (χ2v) is 5.31. The van der Waals surface area contributed by atoms with Crippen LogP contribution in [0.5, 0.6) is 0 Å². The molecule has 0 saturated heterocycles. The lowest BCUT2D eigenvalue weighted by molar-refractivity contribution is -0.123. The molecule has 17 heavy (non-hydrogen) atoms. The molecule has 0 aliphatic heterocycles. The Kier molecular flexibility index (Phi) is 5.74. The summed E-state index contributed by atoms with van der Waals surface area (Å²) in [6.45, 7) is 6.70. The molecule has 0 aromatic heterocycles. The van der Waals surface area contributed by atoms with Gasteiger partial charge < -0.3 is 5.32 Å². The van der Waals surface area contributed by atoms with E-state index in [1.54, 1.807) is 0 Å². The number of carbonyl (C=O) groups excluding carboxylic acids is 1. The first-order chi connectivity index (χ1) is 7.72. The Morgan fingerprint density at radius 3 is 2.41 bits per heavy atom. The van der Waals surface area contributed by atoms with E-state index in [9.17, 15) is 4.79 Å². The zero-order chi connectivity index (χ0) is 11.5. The molecule has 100 valence electrons. The lowest BCUT2D eigenvalue weighted by Gasteiger charge is -2.25. The maximum Gasteiger partial charge on any atom is 0.234 e. The molecule has 2 rings (SSSR count). The van der Waals surface area contributed by atoms with Crippen LogP contribution in [0, 0.1) is 11.8 Å². The third-order valence-corrected chi connectivity index (χ3v) is 4.35. The van der Waals surface area contributed by atoms with E-state index in [0.29, 0.717) is 12.6 Å². The fraction of sp³-hybridized carbons (Fsp3) is 0.923. The van der Waals surface area contributed by atoms with Gasteiger partial charge in [0.2, 0.25) is 5.91 Å². The molecule has 2 bridgehead atoms. The molecular formula is C13H25ClN2O. The van der Waals surface area contributed by atoms with E-state index < -0.39 is 0 Å². The van der Waals surface area contributed by atoms with E-state index in [2.05, 4.69) is 24.1 Å². The Balaban J connectivity index is 0.00000144. The molecule has 0 unspecified atom stereocenters. The molecule has 2 fully saturated rings. The SMILES string of the molecule is CCN(CC)CC(=O)N[C@@H]1C[C@@H]2CC[C@H]1C2.Cl. The summed E-state index contributed by atoms with van der Waals surface area (Å²) in [5.74, 6) is 1.91. The van der Waals surface area contributed by atoms with E-state index in [0.717, 1.165) is 24.9 Å². The van der Waals surface area contributed by atoms with Crippen LogP contribution >= 0.6 is 12.4 Å². The summed E-state index contributed by atoms with van der Waals surface area (Å²) in [5.41, 5.74) is 0. The molecule has 0 aromatic rings. The monoisotopic (exact) mass is 260 g/mol. The van der Waals surface area contributed by atoms with Crippen molar-refractivity contribution in [3.05, 3.63) is 0 Å². The van der Waals surface area contributed by atoms with Crippen LogP contribution in [0.3, 0.4) is 0 Å². The van der Waals surface area contributed by atoms with Crippen molar-refractivity contribution in [3.8, 4) is 0 Å². The van der Waals surface area contributed by atoms with Gasteiger partial charge in [-0.1, -0.05) is 20.3 Å². The standard InChI is InChI=1S/C13H24N2O.ClH/c1-3-15(4-2)9-13(16)14-12-8-10-5-6-11(12)7-10;/h10-12H,3-9H2,1-2H3,(H,14,16);1H/t10-,11+,12-;/m1./s1. The van der Waals surface area contributed by atoms with Crippen LogP contribution in [-0.2, 0) is 4.79 Å². The summed E-state index contributed by atoms with van der Waals surface area (Å²) in [6.07, 6.45) is 5.32. The molecule has 0 heterocycles. The molecule has 0 radical (unpaired) electrons. The van der Waals surface area contributed by atoms with Crippen LogP contribution in [0.4, 0.5) is 0 Å². The van der Waals surface area contributed by atoms with Crippen molar-refractivity contribution in [2.24, 2.45) is 11.8 Å². The summed E-state index contributed by atoms with van der Waals surface area (Å²) in [7, 11) is 0. The predicted octanol–water partition coefficient (Wildman–Crippen LogP) is 2.05. The van der Waals surface area contributed by atoms with E-state index in [4.69, 9.17) is 0 Å². The van der Waals surface area contributed by atoms with Gasteiger partial charge in [-0.3, -0.25) is 9.69 Å². The number of nitrogens with zero attached hydrogens (tertiary/aromatic N) is 1. The van der Waals surface area contributed by atoms with Crippen LogP contribution in [0.1, 0.15) is 39.5 Å². The highest BCUT2D eigenvalue weighted by Gasteiger charge is 2.40. The highest BCUT2D eigenvalue weighted by Crippen LogP contribution is 2.44. The number of halogens is 1. The molecular weight excluding hydrogens is 236 g/mol. The fourth-order valence-electron chi connectivity index (χ4n) is 3.32. The largest absolute Gasteiger partial charge is 0.352 e. The number of hydrogen-bond acceptors (Lipinski definition) is 2. The van der Waals surface area contributed by atoms with Crippen LogP contribution in [0.25, 0.3) is 0 Å². The topological polar surface area (TPSA) is 32.3 Å². The van der Waals surface area contributed by atoms with Crippen molar-refractivity contribution >= 4 is 18.3 Å². The van der Waals surface area contributed by atoms with Crippen LogP contribution in [0.2, 0.25) is 0 Å². The molecule has 1 amide bonds. The fourth-order valence-corrected chi connectivity index (χ4v) is 3.32. The predicted molar refractivity (Wildman–Crippen MR) is 72.4 cm³/mol. The number of likely N-dealkylation sites (N-methyl/N-ethyl adjacent to an activating group) is 1. The van der Waals surface area contributed by atoms with Crippen molar-refractivity contribution in [2.75, 3.05) is 19.6 Å². The molecule has 2 aliphatic rings. The summed E-state index contributed by atoms with van der Waals surface area (Å²) in [4.78, 5) is 14.0. The Morgan fingerprint density at radius 2 is 1.94 bits per heavy atom. The van der Waals surface area contributed by atoms with Gasteiger partial charge in [0.15, 0.2) is 0 Å². The Morgan fingerprint density at radius 1 is 1.24 bits per heavy atom. The van der Waals surface area contributed by atoms with Gasteiger partial charge in [-0.15, -0.1) is 12.4 Å². The zero-order valence-corrected chi connectivity index (χ0v) is 11.8. The summed E-state index contributed by atoms with van der Waals surface area (Å²) in [6, 6.07) is 0.488. The zero-order valence-electron chi connectivity index (χ0n) is 10.9. The highest BCUT2D eigenvalue weighted by molar-refractivity contribution is 5.85. The average Bonchev–Trinajstić information content (AvgIpc) is 2.87. The van der Waals surface area contributed by atoms with Crippen LogP contribution in [0.15, 0.2) is 0 Å². The van der Waals surface area contributed by atoms with Gasteiger partial charge in [0.25, 0.3) is 0 Å². The molecule has 2 saturated carbocycles. The van der Waals surface area contributed by atoms with E-state index in [1.165, 1.54) is 25.7 Å². The maximum atomic E-state index is 11.9. The first-order valence-corrected chi connectivity index (χ1v) is 6.74. The van der Waals surface area contributed by atoms with Crippen LogP contribution in [-0.4, -0.2) is 36.5 Å². The second-order valence-electron chi connectivity index (χ2n) is 5.31. The van der Waals surface area contributed by atoms with Gasteiger partial charge in [-0.25, -0.2) is 0 Å². The average molecular weight is 261 g/mol. The molecule has 2 aliphatic carbocycles. The highest BCUT2D eigenvalue weighted by atomic mass is 35.5. The third-order valence-electron chi connectivity index (χ3n) is 4.35. The lowest BCUT2D eigenvalue weighted by Crippen LogP contribution is -2.44. The summed E-state index contributed by atoms with van der Waals surface area (Å²) >= 11 is 0. The quantitative estimate of drug-likeness (QED) is 0.821. The molecule has 0 spiro atoms. The maximum absolute atomic E-state index is 11.9. The normalized spacial score (nSPS) is 30.4. The lowest BCUT2D eigenvalue weighted by atomic mass is 9.95. The number of hydrogen-bond donors (Lipinski definition) is 1. The van der Waals surface area contributed by atoms with E-state index in [-0.39, 0.29) is 18.3 Å². The van der Waals surface area contributed by atoms with E-state index in [1.807, 2.05) is 0 Å². The van der Waals surface area contributed by atoms with Gasteiger partial charge in [0.05, 0.1) is 6.54 Å². The van der Waals surface area contributed by atoms with Gasteiger partial charge in [0.1, 0.15) is 0 Å². The first-order valence-electron chi connectivity index (χ1n) is 6.74. The van der Waals surface area contributed by atoms with Crippen molar-refractivity contribution in [1.29, 1.82) is 0 Å². The van der Waals surface area contributed by atoms with Crippen molar-refractivity contribution in [3.63, 3.8) is 0 Å². The smallest absolute Gasteiger partial charge is 0.234 e. The van der Waals surface area contributed by atoms with Crippen LogP contribution < -0.4 is 5.32 Å². The first kappa shape index (κ1) is 14.8. The Labute approximate surface area is 111 Å². The minimum Gasteiger partial charge on any atom is -0.352 e. The molecule has 0 aromatic carbocycles. The van der Waals surface area contributed by atoms with Gasteiger partial charge in [-0.05, 0) is 44.2 Å². The number of nitrogens with one attached hydrogen (secondary N) is 1. The number of rotatable bonds is 5. The van der Waals surface area contributed by atoms with Gasteiger partial charge in [0, 0.05) is 6.04 Å². The second kappa shape index (κ2) is 6.60. The minimum atomic E-state index is 0. The Hall–Kier alpha value is -0.280. The molecule has 3 atom stereocenters. The number of carbonyl (C=O) groups is 1. The summed E-state index contributed by atoms with van der Waals surface area (Å²) < 4.78 is 0. The molecule has 3 nitrogen and oxygen atoms in total. The third kappa shape index (κ3) is 3.59. The van der Waals surface area contributed by atoms with Gasteiger partial charge >= 0.3 is 0 Å². The molecule has 1 N–H and O–H groups in total. The minimum absolute atomic E-state index is 0. The number of fused-ring (bicyclic) bond motifs is 2. The van der Waals surface area contributed by atoms with Crippen molar-refractivity contribution in [2.45, 2.75) is 45.6 Å². The number of amides is 1. The van der Waals surface area contributed by atoms with Gasteiger partial charge in [-0.2, -0.15) is 0 Å². The Bertz CT molecular complexity index is 256. The summed E-state index contributed by atoms with van der Waals surface area (Å²) in [5, 5.41) is 3.23. The van der Waals surface area contributed by atoms with Crippen molar-refractivity contribution < 1.29 is 4.79 Å². The van der Waals surface area contributed by atoms with Crippen molar-refractivity contribution in [1.82, 2.24) is 10.2 Å². The molecule has 4 heteroatoms. The van der Waals surface area contributed by atoms with E-state index >= 15 is 0 Å².